The van der Waals surface area contributed by atoms with Gasteiger partial charge in [-0.3, -0.25) is 4.79 Å². The molecule has 0 atom stereocenters. The van der Waals surface area contributed by atoms with Gasteiger partial charge in [0.2, 0.25) is 5.91 Å². The number of hydrogen-bond acceptors (Lipinski definition) is 3. The number of amides is 1. The second-order valence-electron chi connectivity index (χ2n) is 3.99. The van der Waals surface area contributed by atoms with E-state index in [4.69, 9.17) is 10.5 Å². The minimum Gasteiger partial charge on any atom is -0.370 e. The highest BCUT2D eigenvalue weighted by Crippen LogP contribution is 2.14. The normalized spacial score (nSPS) is 16.4. The van der Waals surface area contributed by atoms with Crippen LogP contribution in [0, 0.1) is 5.82 Å². The predicted molar refractivity (Wildman–Crippen MR) is 60.5 cm³/mol. The maximum Gasteiger partial charge on any atom is 0.248 e. The molecule has 0 bridgehead atoms. The van der Waals surface area contributed by atoms with Crippen LogP contribution >= 0.6 is 0 Å². The lowest BCUT2D eigenvalue weighted by atomic mass is 10.1. The molecule has 0 aromatic heterocycles. The van der Waals surface area contributed by atoms with E-state index in [0.717, 1.165) is 11.1 Å². The van der Waals surface area contributed by atoms with Gasteiger partial charge in [0, 0.05) is 19.6 Å². The molecule has 0 aliphatic carbocycles. The molecule has 92 valence electrons. The number of benzene rings is 1. The van der Waals surface area contributed by atoms with Crippen LogP contribution in [-0.2, 0) is 22.6 Å². The fourth-order valence-corrected chi connectivity index (χ4v) is 1.86. The highest BCUT2D eigenvalue weighted by molar-refractivity contribution is 5.78. The number of hydrogen-bond donors (Lipinski definition) is 1. The van der Waals surface area contributed by atoms with Crippen LogP contribution in [-0.4, -0.2) is 30.6 Å². The number of rotatable bonds is 3. The summed E-state index contributed by atoms with van der Waals surface area (Å²) in [6.07, 6.45) is 0. The third-order valence-electron chi connectivity index (χ3n) is 2.83. The van der Waals surface area contributed by atoms with Crippen molar-refractivity contribution in [2.45, 2.75) is 13.1 Å². The Morgan fingerprint density at radius 3 is 2.94 bits per heavy atom. The molecule has 0 saturated carbocycles. The lowest BCUT2D eigenvalue weighted by Crippen LogP contribution is -2.41. The number of ether oxygens (including phenoxy) is 1. The predicted octanol–water partition coefficient (Wildman–Crippen LogP) is 0.643. The van der Waals surface area contributed by atoms with Crippen molar-refractivity contribution in [3.05, 3.63) is 35.1 Å². The molecule has 1 aliphatic rings. The third kappa shape index (κ3) is 2.81. The first-order valence-electron chi connectivity index (χ1n) is 5.53. The van der Waals surface area contributed by atoms with Crippen molar-refractivity contribution < 1.29 is 13.9 Å². The smallest absolute Gasteiger partial charge is 0.248 e. The summed E-state index contributed by atoms with van der Waals surface area (Å²) >= 11 is 0. The molecule has 1 aromatic rings. The standard InChI is InChI=1S/C12H15FN2O2/c13-11-2-1-9(10(5-11)6-14)7-15-3-4-17-8-12(15)16/h1-2,5H,3-4,6-8,14H2. The second-order valence-corrected chi connectivity index (χ2v) is 3.99. The zero-order valence-electron chi connectivity index (χ0n) is 9.49. The summed E-state index contributed by atoms with van der Waals surface area (Å²) in [5, 5.41) is 0. The zero-order valence-corrected chi connectivity index (χ0v) is 9.49. The van der Waals surface area contributed by atoms with Gasteiger partial charge < -0.3 is 15.4 Å². The largest absolute Gasteiger partial charge is 0.370 e. The summed E-state index contributed by atoms with van der Waals surface area (Å²) < 4.78 is 18.1. The Hall–Kier alpha value is -1.46. The minimum absolute atomic E-state index is 0.0384. The Morgan fingerprint density at radius 1 is 1.41 bits per heavy atom. The van der Waals surface area contributed by atoms with E-state index in [2.05, 4.69) is 0 Å². The van der Waals surface area contributed by atoms with Gasteiger partial charge in [0.15, 0.2) is 0 Å². The molecule has 17 heavy (non-hydrogen) atoms. The van der Waals surface area contributed by atoms with E-state index in [0.29, 0.717) is 19.7 Å². The Kier molecular flexibility index (Phi) is 3.71. The van der Waals surface area contributed by atoms with Gasteiger partial charge in [-0.15, -0.1) is 0 Å². The molecule has 5 heteroatoms. The zero-order chi connectivity index (χ0) is 12.3. The van der Waals surface area contributed by atoms with E-state index < -0.39 is 0 Å². The molecule has 0 radical (unpaired) electrons. The van der Waals surface area contributed by atoms with Crippen molar-refractivity contribution in [3.8, 4) is 0 Å². The van der Waals surface area contributed by atoms with E-state index in [9.17, 15) is 9.18 Å². The number of nitrogens with zero attached hydrogens (tertiary/aromatic N) is 1. The first-order chi connectivity index (χ1) is 8.20. The average Bonchev–Trinajstić information content (AvgIpc) is 2.34. The van der Waals surface area contributed by atoms with Crippen LogP contribution in [0.5, 0.6) is 0 Å². The van der Waals surface area contributed by atoms with Gasteiger partial charge in [0.25, 0.3) is 0 Å². The fourth-order valence-electron chi connectivity index (χ4n) is 1.86. The van der Waals surface area contributed by atoms with Crippen molar-refractivity contribution in [1.82, 2.24) is 4.90 Å². The molecule has 1 fully saturated rings. The van der Waals surface area contributed by atoms with Crippen molar-refractivity contribution in [2.75, 3.05) is 19.8 Å². The summed E-state index contributed by atoms with van der Waals surface area (Å²) in [4.78, 5) is 13.3. The van der Waals surface area contributed by atoms with Gasteiger partial charge in [-0.1, -0.05) is 6.07 Å². The quantitative estimate of drug-likeness (QED) is 0.841. The van der Waals surface area contributed by atoms with Crippen molar-refractivity contribution in [1.29, 1.82) is 0 Å². The molecule has 1 heterocycles. The summed E-state index contributed by atoms with van der Waals surface area (Å²) in [6, 6.07) is 4.49. The van der Waals surface area contributed by atoms with Crippen LogP contribution in [0.4, 0.5) is 4.39 Å². The fraction of sp³-hybridized carbons (Fsp3) is 0.417. The molecule has 1 saturated heterocycles. The summed E-state index contributed by atoms with van der Waals surface area (Å²) in [6.45, 7) is 1.98. The molecule has 4 nitrogen and oxygen atoms in total. The van der Waals surface area contributed by atoms with Gasteiger partial charge >= 0.3 is 0 Å². The lowest BCUT2D eigenvalue weighted by molar-refractivity contribution is -0.143. The molecule has 2 rings (SSSR count). The number of carbonyl (C=O) groups is 1. The van der Waals surface area contributed by atoms with Crippen LogP contribution < -0.4 is 5.73 Å². The third-order valence-corrected chi connectivity index (χ3v) is 2.83. The minimum atomic E-state index is -0.303. The number of nitrogens with two attached hydrogens (primary N) is 1. The van der Waals surface area contributed by atoms with Gasteiger partial charge in [0.1, 0.15) is 12.4 Å². The van der Waals surface area contributed by atoms with Crippen LogP contribution in [0.2, 0.25) is 0 Å². The molecule has 0 spiro atoms. The van der Waals surface area contributed by atoms with Crippen LogP contribution in [0.15, 0.2) is 18.2 Å². The van der Waals surface area contributed by atoms with Gasteiger partial charge in [-0.05, 0) is 23.3 Å². The van der Waals surface area contributed by atoms with Gasteiger partial charge in [-0.2, -0.15) is 0 Å². The monoisotopic (exact) mass is 238 g/mol. The Morgan fingerprint density at radius 2 is 2.24 bits per heavy atom. The molecule has 0 unspecified atom stereocenters. The molecule has 1 aromatic carbocycles. The number of carbonyl (C=O) groups excluding carboxylic acids is 1. The van der Waals surface area contributed by atoms with E-state index in [1.54, 1.807) is 11.0 Å². The first kappa shape index (κ1) is 12.0. The lowest BCUT2D eigenvalue weighted by Gasteiger charge is -2.27. The summed E-state index contributed by atoms with van der Waals surface area (Å²) in [5.41, 5.74) is 7.20. The average molecular weight is 238 g/mol. The van der Waals surface area contributed by atoms with E-state index in [1.807, 2.05) is 0 Å². The maximum absolute atomic E-state index is 13.0. The maximum atomic E-state index is 13.0. The van der Waals surface area contributed by atoms with Gasteiger partial charge in [-0.25, -0.2) is 4.39 Å². The Balaban J connectivity index is 2.14. The molecule has 1 aliphatic heterocycles. The second kappa shape index (κ2) is 5.25. The molecular weight excluding hydrogens is 223 g/mol. The van der Waals surface area contributed by atoms with Crippen LogP contribution in [0.3, 0.4) is 0 Å². The van der Waals surface area contributed by atoms with E-state index in [-0.39, 0.29) is 24.9 Å². The van der Waals surface area contributed by atoms with Crippen molar-refractivity contribution in [3.63, 3.8) is 0 Å². The SMILES string of the molecule is NCc1cc(F)ccc1CN1CCOCC1=O. The molecule has 1 amide bonds. The van der Waals surface area contributed by atoms with Crippen molar-refractivity contribution in [2.24, 2.45) is 5.73 Å². The topological polar surface area (TPSA) is 55.6 Å². The van der Waals surface area contributed by atoms with Crippen LogP contribution in [0.25, 0.3) is 0 Å². The van der Waals surface area contributed by atoms with E-state index in [1.165, 1.54) is 12.1 Å². The number of morpholine rings is 1. The number of halogens is 1. The Bertz CT molecular complexity index is 423. The van der Waals surface area contributed by atoms with Crippen LogP contribution in [0.1, 0.15) is 11.1 Å². The highest BCUT2D eigenvalue weighted by Gasteiger charge is 2.19. The Labute approximate surface area is 99.2 Å². The molecule has 2 N–H and O–H groups in total. The highest BCUT2D eigenvalue weighted by atomic mass is 19.1. The summed E-state index contributed by atoms with van der Waals surface area (Å²) in [7, 11) is 0. The van der Waals surface area contributed by atoms with Gasteiger partial charge in [0.05, 0.1) is 6.61 Å². The summed E-state index contributed by atoms with van der Waals surface area (Å²) in [5.74, 6) is -0.342. The first-order valence-corrected chi connectivity index (χ1v) is 5.53. The molecular formula is C12H15FN2O2. The van der Waals surface area contributed by atoms with E-state index >= 15 is 0 Å². The van der Waals surface area contributed by atoms with Crippen molar-refractivity contribution >= 4 is 5.91 Å².